The van der Waals surface area contributed by atoms with Crippen LogP contribution in [0.1, 0.15) is 39.5 Å². The van der Waals surface area contributed by atoms with Crippen LogP contribution < -0.4 is 5.32 Å². The molecule has 2 rings (SSSR count). The van der Waals surface area contributed by atoms with Crippen molar-refractivity contribution in [3.8, 4) is 0 Å². The molecular weight excluding hydrogens is 242 g/mol. The van der Waals surface area contributed by atoms with E-state index in [2.05, 4.69) is 35.8 Å². The highest BCUT2D eigenvalue weighted by molar-refractivity contribution is 8.00. The third kappa shape index (κ3) is 4.38. The van der Waals surface area contributed by atoms with Gasteiger partial charge in [-0.3, -0.25) is 4.99 Å². The predicted molar refractivity (Wildman–Crippen MR) is 81.4 cm³/mol. The van der Waals surface area contributed by atoms with E-state index in [0.29, 0.717) is 0 Å². The Morgan fingerprint density at radius 2 is 2.22 bits per heavy atom. The van der Waals surface area contributed by atoms with Gasteiger partial charge in [-0.25, -0.2) is 0 Å². The van der Waals surface area contributed by atoms with Gasteiger partial charge < -0.3 is 10.2 Å². The summed E-state index contributed by atoms with van der Waals surface area (Å²) in [7, 11) is 0. The average molecular weight is 269 g/mol. The summed E-state index contributed by atoms with van der Waals surface area (Å²) in [5.74, 6) is 3.37. The standard InChI is InChI=1S/C14H27N3S/c1-3-13-11-17(9-10-18-13)14(15-4-2)16-8-7-12-5-6-12/h12-13H,3-11H2,1-2H3,(H,15,16). The fourth-order valence-corrected chi connectivity index (χ4v) is 3.52. The summed E-state index contributed by atoms with van der Waals surface area (Å²) in [5.41, 5.74) is 0. The molecule has 0 spiro atoms. The molecule has 1 heterocycles. The van der Waals surface area contributed by atoms with Gasteiger partial charge in [-0.2, -0.15) is 11.8 Å². The maximum atomic E-state index is 4.81. The zero-order valence-corrected chi connectivity index (χ0v) is 12.6. The highest BCUT2D eigenvalue weighted by atomic mass is 32.2. The molecule has 1 saturated carbocycles. The minimum atomic E-state index is 0.783. The summed E-state index contributed by atoms with van der Waals surface area (Å²) in [6, 6.07) is 0. The lowest BCUT2D eigenvalue weighted by atomic mass is 10.3. The molecular formula is C14H27N3S. The molecule has 4 heteroatoms. The Morgan fingerprint density at radius 3 is 2.89 bits per heavy atom. The van der Waals surface area contributed by atoms with Crippen molar-refractivity contribution in [3.05, 3.63) is 0 Å². The van der Waals surface area contributed by atoms with Gasteiger partial charge in [-0.1, -0.05) is 19.8 Å². The summed E-state index contributed by atoms with van der Waals surface area (Å²) in [6.45, 7) is 8.74. The maximum absolute atomic E-state index is 4.81. The molecule has 0 bridgehead atoms. The number of aliphatic imine (C=N–C) groups is 1. The number of thioether (sulfide) groups is 1. The van der Waals surface area contributed by atoms with Crippen molar-refractivity contribution < 1.29 is 0 Å². The van der Waals surface area contributed by atoms with Crippen molar-refractivity contribution in [2.24, 2.45) is 10.9 Å². The van der Waals surface area contributed by atoms with E-state index in [-0.39, 0.29) is 0 Å². The largest absolute Gasteiger partial charge is 0.357 e. The number of hydrogen-bond acceptors (Lipinski definition) is 2. The van der Waals surface area contributed by atoms with Crippen LogP contribution in [-0.2, 0) is 0 Å². The molecule has 0 aromatic heterocycles. The van der Waals surface area contributed by atoms with Crippen LogP contribution in [0.2, 0.25) is 0 Å². The van der Waals surface area contributed by atoms with E-state index in [9.17, 15) is 0 Å². The second-order valence-electron chi connectivity index (χ2n) is 5.31. The van der Waals surface area contributed by atoms with Crippen LogP contribution in [0, 0.1) is 5.92 Å². The van der Waals surface area contributed by atoms with Gasteiger partial charge in [0.25, 0.3) is 0 Å². The SMILES string of the molecule is CCNC(=NCCC1CC1)N1CCSC(CC)C1. The van der Waals surface area contributed by atoms with E-state index in [4.69, 9.17) is 4.99 Å². The first-order chi connectivity index (χ1) is 8.83. The minimum Gasteiger partial charge on any atom is -0.357 e. The van der Waals surface area contributed by atoms with Crippen molar-refractivity contribution in [2.75, 3.05) is 31.9 Å². The van der Waals surface area contributed by atoms with E-state index < -0.39 is 0 Å². The molecule has 1 saturated heterocycles. The Labute approximate surface area is 116 Å². The fourth-order valence-electron chi connectivity index (χ4n) is 2.34. The Balaban J connectivity index is 1.85. The molecule has 1 unspecified atom stereocenters. The zero-order valence-electron chi connectivity index (χ0n) is 11.8. The van der Waals surface area contributed by atoms with Crippen LogP contribution in [-0.4, -0.2) is 48.0 Å². The first-order valence-electron chi connectivity index (χ1n) is 7.48. The molecule has 1 atom stereocenters. The van der Waals surface area contributed by atoms with Crippen molar-refractivity contribution >= 4 is 17.7 Å². The van der Waals surface area contributed by atoms with Crippen LogP contribution in [0.5, 0.6) is 0 Å². The maximum Gasteiger partial charge on any atom is 0.193 e. The molecule has 0 aromatic rings. The molecule has 3 nitrogen and oxygen atoms in total. The molecule has 2 fully saturated rings. The summed E-state index contributed by atoms with van der Waals surface area (Å²) in [6.07, 6.45) is 5.42. The van der Waals surface area contributed by atoms with Gasteiger partial charge in [0.05, 0.1) is 0 Å². The van der Waals surface area contributed by atoms with Gasteiger partial charge in [0.15, 0.2) is 5.96 Å². The van der Waals surface area contributed by atoms with Crippen LogP contribution in [0.4, 0.5) is 0 Å². The van der Waals surface area contributed by atoms with Crippen LogP contribution >= 0.6 is 11.8 Å². The molecule has 1 N–H and O–H groups in total. The third-order valence-corrected chi connectivity index (χ3v) is 5.10. The van der Waals surface area contributed by atoms with Gasteiger partial charge in [0, 0.05) is 37.2 Å². The summed E-state index contributed by atoms with van der Waals surface area (Å²) in [4.78, 5) is 7.27. The smallest absolute Gasteiger partial charge is 0.193 e. The second kappa shape index (κ2) is 7.27. The Morgan fingerprint density at radius 1 is 1.39 bits per heavy atom. The van der Waals surface area contributed by atoms with Crippen LogP contribution in [0.25, 0.3) is 0 Å². The quantitative estimate of drug-likeness (QED) is 0.614. The number of nitrogens with one attached hydrogen (secondary N) is 1. The lowest BCUT2D eigenvalue weighted by molar-refractivity contribution is 0.408. The summed E-state index contributed by atoms with van der Waals surface area (Å²) >= 11 is 2.12. The highest BCUT2D eigenvalue weighted by Crippen LogP contribution is 2.32. The van der Waals surface area contributed by atoms with E-state index in [0.717, 1.165) is 43.3 Å². The topological polar surface area (TPSA) is 27.6 Å². The molecule has 104 valence electrons. The van der Waals surface area contributed by atoms with E-state index >= 15 is 0 Å². The lowest BCUT2D eigenvalue weighted by Gasteiger charge is -2.34. The monoisotopic (exact) mass is 269 g/mol. The first-order valence-corrected chi connectivity index (χ1v) is 8.53. The molecule has 0 amide bonds. The molecule has 2 aliphatic rings. The second-order valence-corrected chi connectivity index (χ2v) is 6.72. The van der Waals surface area contributed by atoms with Crippen molar-refractivity contribution in [2.45, 2.75) is 44.8 Å². The van der Waals surface area contributed by atoms with Gasteiger partial charge in [0.1, 0.15) is 0 Å². The van der Waals surface area contributed by atoms with E-state index in [1.807, 2.05) is 0 Å². The summed E-state index contributed by atoms with van der Waals surface area (Å²) < 4.78 is 0. The lowest BCUT2D eigenvalue weighted by Crippen LogP contribution is -2.48. The van der Waals surface area contributed by atoms with Crippen LogP contribution in [0.15, 0.2) is 4.99 Å². The summed E-state index contributed by atoms with van der Waals surface area (Å²) in [5, 5.41) is 4.24. The Kier molecular flexibility index (Phi) is 5.67. The normalized spacial score (nSPS) is 25.3. The predicted octanol–water partition coefficient (Wildman–Crippen LogP) is 2.58. The number of rotatable bonds is 5. The number of nitrogens with zero attached hydrogens (tertiary/aromatic N) is 2. The van der Waals surface area contributed by atoms with Gasteiger partial charge in [-0.05, 0) is 25.7 Å². The Bertz CT molecular complexity index is 276. The first kappa shape index (κ1) is 14.0. The number of hydrogen-bond donors (Lipinski definition) is 1. The van der Waals surface area contributed by atoms with Gasteiger partial charge >= 0.3 is 0 Å². The average Bonchev–Trinajstić information content (AvgIpc) is 3.22. The van der Waals surface area contributed by atoms with E-state index in [1.165, 1.54) is 31.4 Å². The van der Waals surface area contributed by atoms with Crippen molar-refractivity contribution in [1.29, 1.82) is 0 Å². The minimum absolute atomic E-state index is 0.783. The van der Waals surface area contributed by atoms with Gasteiger partial charge in [-0.15, -0.1) is 0 Å². The zero-order chi connectivity index (χ0) is 12.8. The van der Waals surface area contributed by atoms with Gasteiger partial charge in [0.2, 0.25) is 0 Å². The molecule has 0 aromatic carbocycles. The molecule has 1 aliphatic heterocycles. The highest BCUT2D eigenvalue weighted by Gasteiger charge is 2.22. The molecule has 18 heavy (non-hydrogen) atoms. The molecule has 1 aliphatic carbocycles. The number of guanidine groups is 1. The Hall–Kier alpha value is -0.380. The van der Waals surface area contributed by atoms with E-state index in [1.54, 1.807) is 0 Å². The third-order valence-electron chi connectivity index (χ3n) is 3.72. The van der Waals surface area contributed by atoms with Crippen molar-refractivity contribution in [1.82, 2.24) is 10.2 Å². The van der Waals surface area contributed by atoms with Crippen LogP contribution in [0.3, 0.4) is 0 Å². The fraction of sp³-hybridized carbons (Fsp3) is 0.929. The molecule has 0 radical (unpaired) electrons. The van der Waals surface area contributed by atoms with Crippen molar-refractivity contribution in [3.63, 3.8) is 0 Å².